The SMILES string of the molecule is Cc1ccc(S(=O)(=O)OC2C[N+]3(Cc4ccc([N+](=O)[O-])cc4)CCC2CC3)cc1. The normalized spacial score (nSPS) is 26.4. The summed E-state index contributed by atoms with van der Waals surface area (Å²) in [5, 5.41) is 10.9. The monoisotopic (exact) mass is 417 g/mol. The van der Waals surface area contributed by atoms with Crippen LogP contribution in [0.15, 0.2) is 53.4 Å². The van der Waals surface area contributed by atoms with Crippen LogP contribution < -0.4 is 0 Å². The van der Waals surface area contributed by atoms with Crippen molar-refractivity contribution in [3.8, 4) is 0 Å². The molecule has 1 atom stereocenters. The molecule has 0 radical (unpaired) electrons. The van der Waals surface area contributed by atoms with Crippen LogP contribution in [0.1, 0.15) is 24.0 Å². The van der Waals surface area contributed by atoms with Gasteiger partial charge < -0.3 is 4.48 Å². The summed E-state index contributed by atoms with van der Waals surface area (Å²) in [6.45, 7) is 5.25. The Morgan fingerprint density at radius 2 is 1.69 bits per heavy atom. The molecule has 2 aromatic rings. The number of nitro groups is 1. The first-order chi connectivity index (χ1) is 13.8. The Kier molecular flexibility index (Phi) is 5.18. The lowest BCUT2D eigenvalue weighted by atomic mass is 9.83. The smallest absolute Gasteiger partial charge is 0.297 e. The van der Waals surface area contributed by atoms with Crippen molar-refractivity contribution in [2.45, 2.75) is 37.3 Å². The van der Waals surface area contributed by atoms with Crippen molar-refractivity contribution in [2.75, 3.05) is 19.6 Å². The molecular formula is C21H25N2O5S+. The van der Waals surface area contributed by atoms with Gasteiger partial charge in [0.25, 0.3) is 15.8 Å². The fourth-order valence-electron chi connectivity index (χ4n) is 4.59. The molecule has 1 unspecified atom stereocenters. The Balaban J connectivity index is 1.49. The summed E-state index contributed by atoms with van der Waals surface area (Å²) in [5.41, 5.74) is 2.10. The van der Waals surface area contributed by atoms with Crippen LogP contribution in [0.4, 0.5) is 5.69 Å². The van der Waals surface area contributed by atoms with Crippen LogP contribution >= 0.6 is 0 Å². The number of nitrogens with zero attached hydrogens (tertiary/aromatic N) is 2. The molecule has 2 bridgehead atoms. The molecule has 3 aliphatic heterocycles. The molecule has 2 aromatic carbocycles. The van der Waals surface area contributed by atoms with E-state index in [-0.39, 0.29) is 22.6 Å². The van der Waals surface area contributed by atoms with Gasteiger partial charge in [-0.25, -0.2) is 0 Å². The van der Waals surface area contributed by atoms with Gasteiger partial charge in [-0.2, -0.15) is 8.42 Å². The molecule has 0 aliphatic carbocycles. The number of fused-ring (bicyclic) bond motifs is 3. The third kappa shape index (κ3) is 4.19. The number of piperidine rings is 3. The molecule has 0 saturated carbocycles. The topological polar surface area (TPSA) is 86.5 Å². The first-order valence-electron chi connectivity index (χ1n) is 9.85. The Morgan fingerprint density at radius 3 is 2.28 bits per heavy atom. The molecule has 0 spiro atoms. The van der Waals surface area contributed by atoms with Crippen LogP contribution in [-0.4, -0.2) is 43.6 Å². The zero-order chi connectivity index (χ0) is 20.6. The van der Waals surface area contributed by atoms with E-state index in [1.165, 1.54) is 12.1 Å². The zero-order valence-electron chi connectivity index (χ0n) is 16.4. The number of quaternary nitrogens is 1. The summed E-state index contributed by atoms with van der Waals surface area (Å²) in [6.07, 6.45) is 1.53. The molecule has 0 N–H and O–H groups in total. The van der Waals surface area contributed by atoms with E-state index in [1.54, 1.807) is 36.4 Å². The molecule has 7 nitrogen and oxygen atoms in total. The molecule has 0 amide bonds. The van der Waals surface area contributed by atoms with E-state index in [0.717, 1.165) is 48.1 Å². The highest BCUT2D eigenvalue weighted by molar-refractivity contribution is 7.86. The average molecular weight is 418 g/mol. The van der Waals surface area contributed by atoms with Gasteiger partial charge >= 0.3 is 0 Å². The second kappa shape index (κ2) is 7.51. The van der Waals surface area contributed by atoms with Crippen molar-refractivity contribution in [2.24, 2.45) is 5.92 Å². The molecule has 0 aromatic heterocycles. The van der Waals surface area contributed by atoms with Crippen molar-refractivity contribution < 1.29 is 22.0 Å². The number of non-ortho nitro benzene ring substituents is 1. The van der Waals surface area contributed by atoms with Gasteiger partial charge in [0.1, 0.15) is 19.2 Å². The summed E-state index contributed by atoms with van der Waals surface area (Å²) in [7, 11) is -3.80. The average Bonchev–Trinajstić information content (AvgIpc) is 2.69. The van der Waals surface area contributed by atoms with E-state index in [9.17, 15) is 18.5 Å². The van der Waals surface area contributed by atoms with Gasteiger partial charge in [-0.15, -0.1) is 0 Å². The number of aryl methyl sites for hydroxylation is 1. The van der Waals surface area contributed by atoms with E-state index in [4.69, 9.17) is 4.18 Å². The molecular weight excluding hydrogens is 392 g/mol. The predicted molar refractivity (Wildman–Crippen MR) is 108 cm³/mol. The molecule has 3 aliphatic rings. The fraction of sp³-hybridized carbons (Fsp3) is 0.429. The van der Waals surface area contributed by atoms with E-state index in [1.807, 2.05) is 6.92 Å². The predicted octanol–water partition coefficient (Wildman–Crippen LogP) is 3.42. The van der Waals surface area contributed by atoms with Gasteiger partial charge in [-0.3, -0.25) is 14.3 Å². The van der Waals surface area contributed by atoms with Crippen molar-refractivity contribution in [3.63, 3.8) is 0 Å². The minimum absolute atomic E-state index is 0.0801. The summed E-state index contributed by atoms with van der Waals surface area (Å²) in [4.78, 5) is 10.7. The number of nitro benzene ring substituents is 1. The highest BCUT2D eigenvalue weighted by atomic mass is 32.2. The minimum Gasteiger partial charge on any atom is -0.318 e. The van der Waals surface area contributed by atoms with Crippen LogP contribution in [0.5, 0.6) is 0 Å². The summed E-state index contributed by atoms with van der Waals surface area (Å²) < 4.78 is 32.0. The summed E-state index contributed by atoms with van der Waals surface area (Å²) in [6, 6.07) is 13.4. The van der Waals surface area contributed by atoms with E-state index < -0.39 is 15.0 Å². The van der Waals surface area contributed by atoms with Gasteiger partial charge in [0.2, 0.25) is 0 Å². The van der Waals surface area contributed by atoms with Crippen LogP contribution in [-0.2, 0) is 20.8 Å². The largest absolute Gasteiger partial charge is 0.318 e. The molecule has 3 fully saturated rings. The maximum Gasteiger partial charge on any atom is 0.297 e. The molecule has 29 heavy (non-hydrogen) atoms. The van der Waals surface area contributed by atoms with Crippen molar-refractivity contribution in [1.29, 1.82) is 0 Å². The maximum absolute atomic E-state index is 12.8. The second-order valence-corrected chi connectivity index (χ2v) is 9.86. The second-order valence-electron chi connectivity index (χ2n) is 8.29. The summed E-state index contributed by atoms with van der Waals surface area (Å²) in [5.74, 6) is 0.257. The first kappa shape index (κ1) is 20.0. The highest BCUT2D eigenvalue weighted by Crippen LogP contribution is 2.38. The van der Waals surface area contributed by atoms with Crippen molar-refractivity contribution >= 4 is 15.8 Å². The molecule has 3 saturated heterocycles. The van der Waals surface area contributed by atoms with E-state index in [2.05, 4.69) is 0 Å². The molecule has 8 heteroatoms. The lowest BCUT2D eigenvalue weighted by Gasteiger charge is -2.52. The Bertz CT molecular complexity index is 994. The highest BCUT2D eigenvalue weighted by Gasteiger charge is 2.48. The molecule has 154 valence electrons. The van der Waals surface area contributed by atoms with Gasteiger partial charge in [0, 0.05) is 36.5 Å². The number of hydrogen-bond donors (Lipinski definition) is 0. The number of rotatable bonds is 6. The maximum atomic E-state index is 12.8. The van der Waals surface area contributed by atoms with Crippen LogP contribution in [0, 0.1) is 23.0 Å². The zero-order valence-corrected chi connectivity index (χ0v) is 17.2. The van der Waals surface area contributed by atoms with Crippen molar-refractivity contribution in [3.05, 3.63) is 69.8 Å². The summed E-state index contributed by atoms with van der Waals surface area (Å²) >= 11 is 0. The fourth-order valence-corrected chi connectivity index (χ4v) is 5.71. The third-order valence-electron chi connectivity index (χ3n) is 6.27. The number of benzene rings is 2. The van der Waals surface area contributed by atoms with Crippen LogP contribution in [0.3, 0.4) is 0 Å². The third-order valence-corrected chi connectivity index (χ3v) is 7.62. The van der Waals surface area contributed by atoms with Crippen LogP contribution in [0.25, 0.3) is 0 Å². The first-order valence-corrected chi connectivity index (χ1v) is 11.3. The van der Waals surface area contributed by atoms with E-state index >= 15 is 0 Å². The Hall–Kier alpha value is -2.29. The van der Waals surface area contributed by atoms with E-state index in [0.29, 0.717) is 6.54 Å². The molecule has 3 heterocycles. The van der Waals surface area contributed by atoms with Gasteiger partial charge in [0.05, 0.1) is 22.9 Å². The van der Waals surface area contributed by atoms with Crippen molar-refractivity contribution in [1.82, 2.24) is 0 Å². The van der Waals surface area contributed by atoms with Gasteiger partial charge in [-0.05, 0) is 31.2 Å². The standard InChI is InChI=1S/C21H25N2O5S/c1-16-2-8-20(9-3-16)29(26,27)28-21-15-23(12-10-18(21)11-13-23)14-17-4-6-19(7-5-17)22(24)25/h2-9,18,21H,10-15H2,1H3/q+1. The lowest BCUT2D eigenvalue weighted by molar-refractivity contribution is -0.958. The van der Waals surface area contributed by atoms with Crippen LogP contribution in [0.2, 0.25) is 0 Å². The number of hydrogen-bond acceptors (Lipinski definition) is 5. The van der Waals surface area contributed by atoms with Gasteiger partial charge in [-0.1, -0.05) is 17.7 Å². The molecule has 5 rings (SSSR count). The quantitative estimate of drug-likeness (QED) is 0.311. The van der Waals surface area contributed by atoms with Gasteiger partial charge in [0.15, 0.2) is 0 Å². The minimum atomic E-state index is -3.80. The Morgan fingerprint density at radius 1 is 1.07 bits per heavy atom. The lowest BCUT2D eigenvalue weighted by Crippen LogP contribution is -2.63. The Labute approximate surface area is 170 Å².